The summed E-state index contributed by atoms with van der Waals surface area (Å²) in [4.78, 5) is 9.05. The molecule has 0 amide bonds. The normalized spacial score (nSPS) is 10.8. The van der Waals surface area contributed by atoms with Gasteiger partial charge in [-0.2, -0.15) is 0 Å². The average Bonchev–Trinajstić information content (AvgIpc) is 2.64. The fourth-order valence-corrected chi connectivity index (χ4v) is 3.25. The summed E-state index contributed by atoms with van der Waals surface area (Å²) >= 11 is 15.6. The highest BCUT2D eigenvalue weighted by molar-refractivity contribution is 9.10. The van der Waals surface area contributed by atoms with Crippen LogP contribution in [0.25, 0.3) is 11.3 Å². The molecule has 0 bridgehead atoms. The molecule has 0 unspecified atom stereocenters. The van der Waals surface area contributed by atoms with Crippen LogP contribution in [0.1, 0.15) is 11.3 Å². The number of anilines is 1. The van der Waals surface area contributed by atoms with Crippen molar-refractivity contribution in [3.05, 3.63) is 74.3 Å². The summed E-state index contributed by atoms with van der Waals surface area (Å²) in [6.07, 6.45) is 0.736. The highest BCUT2D eigenvalue weighted by atomic mass is 79.9. The Morgan fingerprint density at radius 1 is 1.00 bits per heavy atom. The van der Waals surface area contributed by atoms with Crippen LogP contribution >= 0.6 is 39.1 Å². The fourth-order valence-electron chi connectivity index (χ4n) is 2.48. The molecule has 3 aromatic rings. The van der Waals surface area contributed by atoms with E-state index < -0.39 is 0 Å². The summed E-state index contributed by atoms with van der Waals surface area (Å²) < 4.78 is 1.02. The third-order valence-corrected chi connectivity index (χ3v) is 4.94. The van der Waals surface area contributed by atoms with Gasteiger partial charge in [0.05, 0.1) is 11.4 Å². The molecule has 7 heteroatoms. The van der Waals surface area contributed by atoms with Crippen LogP contribution in [-0.2, 0) is 13.0 Å². The summed E-state index contributed by atoms with van der Waals surface area (Å²) in [5.74, 6) is 0.552. The number of hydrogen-bond acceptors (Lipinski definition) is 4. The highest BCUT2D eigenvalue weighted by Crippen LogP contribution is 2.23. The minimum Gasteiger partial charge on any atom is -0.354 e. The van der Waals surface area contributed by atoms with Crippen molar-refractivity contribution in [3.63, 3.8) is 0 Å². The van der Waals surface area contributed by atoms with Crippen molar-refractivity contribution in [1.29, 1.82) is 0 Å². The molecule has 0 aliphatic heterocycles. The Hall–Kier alpha value is -1.66. The second-order valence-corrected chi connectivity index (χ2v) is 7.45. The Labute approximate surface area is 170 Å². The van der Waals surface area contributed by atoms with Crippen LogP contribution in [0.15, 0.2) is 53.0 Å². The van der Waals surface area contributed by atoms with Crippen LogP contribution in [0, 0.1) is 0 Å². The summed E-state index contributed by atoms with van der Waals surface area (Å²) in [7, 11) is 0. The van der Waals surface area contributed by atoms with Crippen molar-refractivity contribution < 1.29 is 0 Å². The van der Waals surface area contributed by atoms with E-state index in [4.69, 9.17) is 28.9 Å². The van der Waals surface area contributed by atoms with Gasteiger partial charge in [-0.15, -0.1) is 0 Å². The lowest BCUT2D eigenvalue weighted by molar-refractivity contribution is 0.937. The Morgan fingerprint density at radius 2 is 1.77 bits per heavy atom. The maximum atomic E-state index is 6.21. The molecule has 4 nitrogen and oxygen atoms in total. The van der Waals surface area contributed by atoms with Crippen molar-refractivity contribution >= 4 is 45.1 Å². The molecule has 0 atom stereocenters. The fraction of sp³-hybridized carbons (Fsp3) is 0.158. The van der Waals surface area contributed by atoms with Gasteiger partial charge in [0, 0.05) is 33.2 Å². The van der Waals surface area contributed by atoms with E-state index in [1.165, 1.54) is 0 Å². The van der Waals surface area contributed by atoms with Gasteiger partial charge in [-0.05, 0) is 42.3 Å². The molecule has 2 aromatic carbocycles. The van der Waals surface area contributed by atoms with Crippen LogP contribution in [0.5, 0.6) is 0 Å². The van der Waals surface area contributed by atoms with E-state index in [-0.39, 0.29) is 0 Å². The van der Waals surface area contributed by atoms with E-state index in [1.807, 2.05) is 42.5 Å². The van der Waals surface area contributed by atoms with Gasteiger partial charge in [-0.3, -0.25) is 0 Å². The van der Waals surface area contributed by atoms with Crippen molar-refractivity contribution in [2.75, 3.05) is 11.9 Å². The molecule has 0 spiro atoms. The zero-order valence-corrected chi connectivity index (χ0v) is 16.9. The van der Waals surface area contributed by atoms with Gasteiger partial charge in [0.1, 0.15) is 0 Å². The Morgan fingerprint density at radius 3 is 2.46 bits per heavy atom. The first-order valence-corrected chi connectivity index (χ1v) is 9.62. The monoisotopic (exact) mass is 450 g/mol. The summed E-state index contributed by atoms with van der Waals surface area (Å²) in [5.41, 5.74) is 9.43. The Bertz CT molecular complexity index is 901. The standard InChI is InChI=1S/C19H17BrCl2N4/c20-14-4-1-13(2-5-14)18-10-16(11-23)25-19(26-18)24-8-7-12-3-6-15(21)9-17(12)22/h1-6,9-10H,7-8,11,23H2,(H,24,25,26). The number of halogens is 3. The Balaban J connectivity index is 1.74. The lowest BCUT2D eigenvalue weighted by Gasteiger charge is -2.10. The van der Waals surface area contributed by atoms with Crippen LogP contribution in [0.2, 0.25) is 10.0 Å². The van der Waals surface area contributed by atoms with Gasteiger partial charge in [-0.1, -0.05) is 57.3 Å². The van der Waals surface area contributed by atoms with Crippen molar-refractivity contribution in [3.8, 4) is 11.3 Å². The smallest absolute Gasteiger partial charge is 0.223 e. The van der Waals surface area contributed by atoms with Gasteiger partial charge >= 0.3 is 0 Å². The van der Waals surface area contributed by atoms with E-state index >= 15 is 0 Å². The van der Waals surface area contributed by atoms with E-state index in [9.17, 15) is 0 Å². The SMILES string of the molecule is NCc1cc(-c2ccc(Br)cc2)nc(NCCc2ccc(Cl)cc2Cl)n1. The number of nitrogens with one attached hydrogen (secondary N) is 1. The van der Waals surface area contributed by atoms with Crippen LogP contribution in [-0.4, -0.2) is 16.5 Å². The topological polar surface area (TPSA) is 63.8 Å². The van der Waals surface area contributed by atoms with E-state index in [2.05, 4.69) is 31.2 Å². The number of aromatic nitrogens is 2. The maximum Gasteiger partial charge on any atom is 0.223 e. The summed E-state index contributed by atoms with van der Waals surface area (Å²) in [6.45, 7) is 0.999. The summed E-state index contributed by atoms with van der Waals surface area (Å²) in [5, 5.41) is 4.54. The molecule has 0 saturated carbocycles. The number of nitrogens with two attached hydrogens (primary N) is 1. The van der Waals surface area contributed by atoms with Crippen molar-refractivity contribution in [2.24, 2.45) is 5.73 Å². The quantitative estimate of drug-likeness (QED) is 0.531. The highest BCUT2D eigenvalue weighted by Gasteiger charge is 2.07. The first-order chi connectivity index (χ1) is 12.5. The second kappa shape index (κ2) is 8.82. The van der Waals surface area contributed by atoms with Gasteiger partial charge < -0.3 is 11.1 Å². The first kappa shape index (κ1) is 19.1. The maximum absolute atomic E-state index is 6.21. The molecule has 0 radical (unpaired) electrons. The molecular weight excluding hydrogens is 435 g/mol. The lowest BCUT2D eigenvalue weighted by atomic mass is 10.1. The molecule has 3 rings (SSSR count). The summed E-state index contributed by atoms with van der Waals surface area (Å²) in [6, 6.07) is 15.4. The lowest BCUT2D eigenvalue weighted by Crippen LogP contribution is -2.11. The molecular formula is C19H17BrCl2N4. The number of nitrogens with zero attached hydrogens (tertiary/aromatic N) is 2. The molecule has 0 aliphatic carbocycles. The predicted molar refractivity (Wildman–Crippen MR) is 112 cm³/mol. The largest absolute Gasteiger partial charge is 0.354 e. The van der Waals surface area contributed by atoms with Crippen molar-refractivity contribution in [1.82, 2.24) is 9.97 Å². The molecule has 3 N–H and O–H groups in total. The zero-order chi connectivity index (χ0) is 18.5. The number of rotatable bonds is 6. The molecule has 26 heavy (non-hydrogen) atoms. The van der Waals surface area contributed by atoms with Crippen LogP contribution in [0.4, 0.5) is 5.95 Å². The molecule has 1 heterocycles. The van der Waals surface area contributed by atoms with Gasteiger partial charge in [0.15, 0.2) is 0 Å². The Kier molecular flexibility index (Phi) is 6.48. The minimum absolute atomic E-state index is 0.351. The minimum atomic E-state index is 0.351. The molecule has 1 aromatic heterocycles. The second-order valence-electron chi connectivity index (χ2n) is 5.69. The number of benzene rings is 2. The van der Waals surface area contributed by atoms with Crippen LogP contribution in [0.3, 0.4) is 0 Å². The first-order valence-electron chi connectivity index (χ1n) is 8.07. The number of hydrogen-bond donors (Lipinski definition) is 2. The molecule has 134 valence electrons. The van der Waals surface area contributed by atoms with Gasteiger partial charge in [-0.25, -0.2) is 9.97 Å². The van der Waals surface area contributed by atoms with Crippen LogP contribution < -0.4 is 11.1 Å². The third-order valence-electron chi connectivity index (χ3n) is 3.82. The molecule has 0 fully saturated rings. The van der Waals surface area contributed by atoms with Crippen molar-refractivity contribution in [2.45, 2.75) is 13.0 Å². The third kappa shape index (κ3) is 4.95. The molecule has 0 saturated heterocycles. The van der Waals surface area contributed by atoms with Gasteiger partial charge in [0.2, 0.25) is 5.95 Å². The van der Waals surface area contributed by atoms with E-state index in [1.54, 1.807) is 6.07 Å². The predicted octanol–water partition coefficient (Wildman–Crippen LogP) is 5.33. The van der Waals surface area contributed by atoms with Gasteiger partial charge in [0.25, 0.3) is 0 Å². The van der Waals surface area contributed by atoms with E-state index in [0.717, 1.165) is 33.4 Å². The molecule has 0 aliphatic rings. The van der Waals surface area contributed by atoms with E-state index in [0.29, 0.717) is 29.1 Å². The zero-order valence-electron chi connectivity index (χ0n) is 13.8. The average molecular weight is 452 g/mol.